The van der Waals surface area contributed by atoms with Gasteiger partial charge in [0.25, 0.3) is 5.56 Å². The van der Waals surface area contributed by atoms with Gasteiger partial charge in [-0.2, -0.15) is 0 Å². The van der Waals surface area contributed by atoms with Crippen molar-refractivity contribution in [3.63, 3.8) is 0 Å². The Morgan fingerprint density at radius 1 is 1.27 bits per heavy atom. The van der Waals surface area contributed by atoms with E-state index in [0.717, 1.165) is 9.13 Å². The molecule has 0 saturated carbocycles. The summed E-state index contributed by atoms with van der Waals surface area (Å²) in [6, 6.07) is 4.50. The monoisotopic (exact) mass is 357 g/mol. The summed E-state index contributed by atoms with van der Waals surface area (Å²) in [6.07, 6.45) is 0. The van der Waals surface area contributed by atoms with Gasteiger partial charge in [-0.1, -0.05) is 0 Å². The zero-order chi connectivity index (χ0) is 19.2. The van der Waals surface area contributed by atoms with E-state index in [1.165, 1.54) is 14.1 Å². The molecule has 3 rings (SSSR count). The van der Waals surface area contributed by atoms with Gasteiger partial charge in [-0.05, 0) is 25.1 Å². The van der Waals surface area contributed by atoms with Crippen LogP contribution in [0.1, 0.15) is 23.2 Å². The van der Waals surface area contributed by atoms with Gasteiger partial charge >= 0.3 is 5.69 Å². The number of benzene rings is 1. The average molecular weight is 357 g/mol. The molecule has 0 aliphatic heterocycles. The minimum atomic E-state index is -0.743. The van der Waals surface area contributed by atoms with Gasteiger partial charge in [-0.25, -0.2) is 9.78 Å². The molecule has 2 heterocycles. The van der Waals surface area contributed by atoms with Crippen molar-refractivity contribution in [3.8, 4) is 0 Å². The Bertz CT molecular complexity index is 1140. The summed E-state index contributed by atoms with van der Waals surface area (Å²) in [5, 5.41) is 3.03. The van der Waals surface area contributed by atoms with Crippen LogP contribution in [0.3, 0.4) is 0 Å². The van der Waals surface area contributed by atoms with Crippen LogP contribution in [0.5, 0.6) is 0 Å². The first kappa shape index (κ1) is 17.5. The third-order valence-electron chi connectivity index (χ3n) is 4.23. The number of oxazole rings is 1. The van der Waals surface area contributed by atoms with Gasteiger partial charge in [-0.15, -0.1) is 0 Å². The molecule has 1 unspecified atom stereocenters. The fraction of sp³-hybridized carbons (Fsp3) is 0.294. The number of Topliss-reactive ketones (excluding diaryl/α,β-unsaturated/α-hetero) is 1. The zero-order valence-electron chi connectivity index (χ0n) is 14.9. The smallest absolute Gasteiger partial charge is 0.332 e. The first-order valence-electron chi connectivity index (χ1n) is 7.94. The number of nitrogens with zero attached hydrogens (tertiary/aromatic N) is 3. The highest BCUT2D eigenvalue weighted by atomic mass is 16.3. The molecule has 0 radical (unpaired) electrons. The normalized spacial score (nSPS) is 12.3. The third-order valence-corrected chi connectivity index (χ3v) is 4.23. The molecule has 0 aliphatic carbocycles. The Morgan fingerprint density at radius 3 is 2.65 bits per heavy atom. The van der Waals surface area contributed by atoms with Gasteiger partial charge < -0.3 is 15.5 Å². The maximum absolute atomic E-state index is 12.8. The molecule has 26 heavy (non-hydrogen) atoms. The lowest BCUT2D eigenvalue weighted by Crippen LogP contribution is -2.43. The standard InChI is InChI=1S/C17H19N5O4/c1-8(19-10-5-6-12-11(7-10)20-9(2)26-12)14(23)13-15(18)21(3)17(25)22(4)16(13)24/h5-8,19H,18H2,1-4H3. The van der Waals surface area contributed by atoms with Crippen molar-refractivity contribution < 1.29 is 9.21 Å². The quantitative estimate of drug-likeness (QED) is 0.662. The van der Waals surface area contributed by atoms with E-state index in [2.05, 4.69) is 10.3 Å². The number of nitrogens with two attached hydrogens (primary N) is 1. The molecule has 136 valence electrons. The Kier molecular flexibility index (Phi) is 4.15. The van der Waals surface area contributed by atoms with Crippen LogP contribution in [-0.4, -0.2) is 25.9 Å². The van der Waals surface area contributed by atoms with Gasteiger partial charge in [0, 0.05) is 26.7 Å². The minimum Gasteiger partial charge on any atom is -0.441 e. The van der Waals surface area contributed by atoms with E-state index >= 15 is 0 Å². The van der Waals surface area contributed by atoms with Crippen LogP contribution in [0, 0.1) is 6.92 Å². The number of carbonyl (C=O) groups is 1. The second-order valence-corrected chi connectivity index (χ2v) is 6.11. The van der Waals surface area contributed by atoms with Gasteiger partial charge in [0.2, 0.25) is 0 Å². The van der Waals surface area contributed by atoms with Crippen LogP contribution in [0.15, 0.2) is 32.2 Å². The highest BCUT2D eigenvalue weighted by molar-refractivity contribution is 6.04. The van der Waals surface area contributed by atoms with Crippen molar-refractivity contribution in [1.82, 2.24) is 14.1 Å². The molecular formula is C17H19N5O4. The molecule has 1 aromatic carbocycles. The van der Waals surface area contributed by atoms with Crippen molar-refractivity contribution in [2.75, 3.05) is 11.1 Å². The van der Waals surface area contributed by atoms with Crippen LogP contribution >= 0.6 is 0 Å². The molecule has 3 aromatic rings. The topological polar surface area (TPSA) is 125 Å². The predicted octanol–water partition coefficient (Wildman–Crippen LogP) is 0.799. The highest BCUT2D eigenvalue weighted by Crippen LogP contribution is 2.21. The van der Waals surface area contributed by atoms with Crippen LogP contribution in [0.4, 0.5) is 11.5 Å². The van der Waals surface area contributed by atoms with Crippen LogP contribution in [0.2, 0.25) is 0 Å². The van der Waals surface area contributed by atoms with E-state index in [4.69, 9.17) is 10.2 Å². The number of aromatic nitrogens is 3. The lowest BCUT2D eigenvalue weighted by atomic mass is 10.1. The largest absolute Gasteiger partial charge is 0.441 e. The number of hydrogen-bond acceptors (Lipinski definition) is 7. The number of hydrogen-bond donors (Lipinski definition) is 2. The summed E-state index contributed by atoms with van der Waals surface area (Å²) < 4.78 is 7.35. The second-order valence-electron chi connectivity index (χ2n) is 6.11. The fourth-order valence-electron chi connectivity index (χ4n) is 2.76. The number of fused-ring (bicyclic) bond motifs is 1. The van der Waals surface area contributed by atoms with Gasteiger partial charge in [-0.3, -0.25) is 18.7 Å². The van der Waals surface area contributed by atoms with Crippen LogP contribution in [-0.2, 0) is 14.1 Å². The number of rotatable bonds is 4. The summed E-state index contributed by atoms with van der Waals surface area (Å²) >= 11 is 0. The number of ketones is 1. The van der Waals surface area contributed by atoms with Crippen LogP contribution in [0.25, 0.3) is 11.1 Å². The van der Waals surface area contributed by atoms with E-state index in [9.17, 15) is 14.4 Å². The Morgan fingerprint density at radius 2 is 1.96 bits per heavy atom. The summed E-state index contributed by atoms with van der Waals surface area (Å²) in [5.41, 5.74) is 6.27. The minimum absolute atomic E-state index is 0.153. The number of carbonyl (C=O) groups excluding carboxylic acids is 1. The van der Waals surface area contributed by atoms with Crippen molar-refractivity contribution >= 4 is 28.4 Å². The average Bonchev–Trinajstić information content (AvgIpc) is 2.97. The molecular weight excluding hydrogens is 338 g/mol. The molecule has 2 aromatic heterocycles. The number of nitrogen functional groups attached to an aromatic ring is 1. The Hall–Kier alpha value is -3.36. The Labute approximate surface area is 148 Å². The maximum Gasteiger partial charge on any atom is 0.332 e. The van der Waals surface area contributed by atoms with Crippen molar-refractivity contribution in [2.24, 2.45) is 14.1 Å². The number of aryl methyl sites for hydroxylation is 1. The SMILES string of the molecule is Cc1nc2cc(NC(C)C(=O)c3c(N)n(C)c(=O)n(C)c3=O)ccc2o1. The third kappa shape index (κ3) is 2.77. The second kappa shape index (κ2) is 6.17. The van der Waals surface area contributed by atoms with Crippen molar-refractivity contribution in [1.29, 1.82) is 0 Å². The lowest BCUT2D eigenvalue weighted by Gasteiger charge is -2.16. The fourth-order valence-corrected chi connectivity index (χ4v) is 2.76. The van der Waals surface area contributed by atoms with E-state index < -0.39 is 23.1 Å². The molecule has 0 spiro atoms. The zero-order valence-corrected chi connectivity index (χ0v) is 14.9. The van der Waals surface area contributed by atoms with Crippen molar-refractivity contribution in [3.05, 3.63) is 50.5 Å². The molecule has 1 atom stereocenters. The highest BCUT2D eigenvalue weighted by Gasteiger charge is 2.24. The number of anilines is 2. The molecule has 0 saturated heterocycles. The van der Waals surface area contributed by atoms with E-state index in [1.807, 2.05) is 0 Å². The molecule has 9 heteroatoms. The van der Waals surface area contributed by atoms with Crippen LogP contribution < -0.4 is 22.3 Å². The molecule has 0 aliphatic rings. The molecule has 0 bridgehead atoms. The maximum atomic E-state index is 12.8. The van der Waals surface area contributed by atoms with Crippen molar-refractivity contribution in [2.45, 2.75) is 19.9 Å². The van der Waals surface area contributed by atoms with Gasteiger partial charge in [0.1, 0.15) is 16.9 Å². The summed E-state index contributed by atoms with van der Waals surface area (Å²) in [6.45, 7) is 3.36. The number of nitrogens with one attached hydrogen (secondary N) is 1. The summed E-state index contributed by atoms with van der Waals surface area (Å²) in [7, 11) is 2.71. The lowest BCUT2D eigenvalue weighted by molar-refractivity contribution is 0.0973. The first-order valence-corrected chi connectivity index (χ1v) is 7.94. The van der Waals surface area contributed by atoms with Gasteiger partial charge in [0.15, 0.2) is 17.3 Å². The Balaban J connectivity index is 1.95. The summed E-state index contributed by atoms with van der Waals surface area (Å²) in [4.78, 5) is 41.2. The molecule has 3 N–H and O–H groups in total. The first-order chi connectivity index (χ1) is 12.2. The van der Waals surface area contributed by atoms with E-state index in [0.29, 0.717) is 22.7 Å². The van der Waals surface area contributed by atoms with Gasteiger partial charge in [0.05, 0.1) is 6.04 Å². The molecule has 0 fully saturated rings. The summed E-state index contributed by atoms with van der Waals surface area (Å²) in [5.74, 6) is -0.114. The molecule has 9 nitrogen and oxygen atoms in total. The predicted molar refractivity (Wildman–Crippen MR) is 97.5 cm³/mol. The molecule has 0 amide bonds. The van der Waals surface area contributed by atoms with E-state index in [-0.39, 0.29) is 11.4 Å². The van der Waals surface area contributed by atoms with E-state index in [1.54, 1.807) is 32.0 Å².